The van der Waals surface area contributed by atoms with Gasteiger partial charge in [0.25, 0.3) is 5.91 Å². The van der Waals surface area contributed by atoms with Crippen molar-refractivity contribution in [3.8, 4) is 0 Å². The van der Waals surface area contributed by atoms with Crippen LogP contribution in [0.15, 0.2) is 12.4 Å². The smallest absolute Gasteiger partial charge is 0.267 e. The molecule has 1 amide bonds. The van der Waals surface area contributed by atoms with Crippen molar-refractivity contribution in [3.05, 3.63) is 28.5 Å². The topological polar surface area (TPSA) is 84.1 Å². The lowest BCUT2D eigenvalue weighted by molar-refractivity contribution is 0.0783. The summed E-state index contributed by atoms with van der Waals surface area (Å²) < 4.78 is 5.73. The van der Waals surface area contributed by atoms with Crippen molar-refractivity contribution in [2.75, 3.05) is 19.7 Å². The standard InChI is InChI=1S/C16H23N5O2S/c1-16(2,3)14-13(24-19-18-14)15(23)21-7-11(9-22)12(8-21)10-5-17-20(4)6-10/h5-6,11-12,22H,7-9H2,1-4H3/t11-,12-/m0/s1. The minimum atomic E-state index is -0.225. The summed E-state index contributed by atoms with van der Waals surface area (Å²) >= 11 is 1.15. The first kappa shape index (κ1) is 17.0. The first-order valence-corrected chi connectivity index (χ1v) is 8.80. The summed E-state index contributed by atoms with van der Waals surface area (Å²) in [5.41, 5.74) is 1.57. The molecule has 2 aromatic heterocycles. The van der Waals surface area contributed by atoms with E-state index < -0.39 is 0 Å². The number of rotatable bonds is 3. The van der Waals surface area contributed by atoms with Crippen LogP contribution in [0, 0.1) is 5.92 Å². The average Bonchev–Trinajstić information content (AvgIpc) is 3.23. The minimum Gasteiger partial charge on any atom is -0.396 e. The Labute approximate surface area is 145 Å². The number of aliphatic hydroxyl groups excluding tert-OH is 1. The van der Waals surface area contributed by atoms with Gasteiger partial charge in [-0.2, -0.15) is 5.10 Å². The van der Waals surface area contributed by atoms with Crippen LogP contribution in [0.2, 0.25) is 0 Å². The number of carbonyl (C=O) groups excluding carboxylic acids is 1. The molecule has 1 N–H and O–H groups in total. The van der Waals surface area contributed by atoms with E-state index in [1.807, 2.05) is 45.1 Å². The van der Waals surface area contributed by atoms with Crippen molar-refractivity contribution in [2.45, 2.75) is 32.1 Å². The van der Waals surface area contributed by atoms with E-state index in [2.05, 4.69) is 14.7 Å². The molecule has 1 saturated heterocycles. The molecule has 0 unspecified atom stereocenters. The Kier molecular flexibility index (Phi) is 4.44. The Hall–Kier alpha value is -1.80. The second kappa shape index (κ2) is 6.25. The van der Waals surface area contributed by atoms with Gasteiger partial charge in [-0.15, -0.1) is 5.10 Å². The number of carbonyl (C=O) groups is 1. The van der Waals surface area contributed by atoms with Crippen LogP contribution in [0.5, 0.6) is 0 Å². The van der Waals surface area contributed by atoms with Crippen LogP contribution in [0.4, 0.5) is 0 Å². The van der Waals surface area contributed by atoms with Crippen molar-refractivity contribution in [1.29, 1.82) is 0 Å². The molecule has 7 nitrogen and oxygen atoms in total. The number of hydrogen-bond donors (Lipinski definition) is 1. The van der Waals surface area contributed by atoms with Gasteiger partial charge in [0.2, 0.25) is 0 Å². The third kappa shape index (κ3) is 3.08. The second-order valence-corrected chi connectivity index (χ2v) is 8.16. The molecule has 0 bridgehead atoms. The number of likely N-dealkylation sites (tertiary alicyclic amines) is 1. The Morgan fingerprint density at radius 2 is 2.17 bits per heavy atom. The van der Waals surface area contributed by atoms with Crippen LogP contribution < -0.4 is 0 Å². The second-order valence-electron chi connectivity index (χ2n) is 7.41. The van der Waals surface area contributed by atoms with E-state index in [1.165, 1.54) is 0 Å². The highest BCUT2D eigenvalue weighted by molar-refractivity contribution is 7.08. The lowest BCUT2D eigenvalue weighted by Gasteiger charge is -2.20. The van der Waals surface area contributed by atoms with Gasteiger partial charge < -0.3 is 10.0 Å². The maximum Gasteiger partial charge on any atom is 0.267 e. The molecule has 0 radical (unpaired) electrons. The largest absolute Gasteiger partial charge is 0.396 e. The van der Waals surface area contributed by atoms with Gasteiger partial charge in [-0.05, 0) is 17.1 Å². The zero-order valence-electron chi connectivity index (χ0n) is 14.4. The van der Waals surface area contributed by atoms with E-state index >= 15 is 0 Å². The molecule has 24 heavy (non-hydrogen) atoms. The van der Waals surface area contributed by atoms with Crippen LogP contribution in [0.25, 0.3) is 0 Å². The number of aromatic nitrogens is 4. The third-order valence-corrected chi connectivity index (χ3v) is 5.22. The van der Waals surface area contributed by atoms with E-state index in [9.17, 15) is 9.90 Å². The van der Waals surface area contributed by atoms with E-state index in [-0.39, 0.29) is 29.8 Å². The zero-order chi connectivity index (χ0) is 17.5. The van der Waals surface area contributed by atoms with Gasteiger partial charge in [0.05, 0.1) is 11.9 Å². The molecule has 2 aromatic rings. The van der Waals surface area contributed by atoms with E-state index in [0.29, 0.717) is 18.0 Å². The molecule has 0 saturated carbocycles. The molecule has 1 fully saturated rings. The van der Waals surface area contributed by atoms with Gasteiger partial charge in [-0.3, -0.25) is 9.48 Å². The van der Waals surface area contributed by atoms with Crippen molar-refractivity contribution in [3.63, 3.8) is 0 Å². The number of amides is 1. The number of aliphatic hydroxyl groups is 1. The third-order valence-electron chi connectivity index (χ3n) is 4.51. The quantitative estimate of drug-likeness (QED) is 0.906. The Bertz CT molecular complexity index is 733. The summed E-state index contributed by atoms with van der Waals surface area (Å²) in [5.74, 6) is 0.0866. The fraction of sp³-hybridized carbons (Fsp3) is 0.625. The lowest BCUT2D eigenvalue weighted by atomic mass is 9.91. The molecular formula is C16H23N5O2S. The molecule has 3 heterocycles. The van der Waals surface area contributed by atoms with Crippen LogP contribution in [-0.4, -0.2) is 55.0 Å². The van der Waals surface area contributed by atoms with Gasteiger partial charge in [0, 0.05) is 50.2 Å². The van der Waals surface area contributed by atoms with Crippen molar-refractivity contribution in [1.82, 2.24) is 24.3 Å². The number of aryl methyl sites for hydroxylation is 1. The molecule has 0 aromatic carbocycles. The molecule has 130 valence electrons. The van der Waals surface area contributed by atoms with Gasteiger partial charge >= 0.3 is 0 Å². The highest BCUT2D eigenvalue weighted by atomic mass is 32.1. The van der Waals surface area contributed by atoms with E-state index in [4.69, 9.17) is 0 Å². The summed E-state index contributed by atoms with van der Waals surface area (Å²) in [5, 5.41) is 18.1. The van der Waals surface area contributed by atoms with E-state index in [0.717, 1.165) is 22.8 Å². The van der Waals surface area contributed by atoms with Gasteiger partial charge in [-0.1, -0.05) is 25.3 Å². The highest BCUT2D eigenvalue weighted by Gasteiger charge is 2.38. The minimum absolute atomic E-state index is 0.0251. The molecule has 1 aliphatic rings. The Morgan fingerprint density at radius 1 is 1.42 bits per heavy atom. The van der Waals surface area contributed by atoms with Gasteiger partial charge in [-0.25, -0.2) is 0 Å². The normalized spacial score (nSPS) is 21.5. The molecule has 0 aliphatic carbocycles. The first-order chi connectivity index (χ1) is 11.3. The summed E-state index contributed by atoms with van der Waals surface area (Å²) in [7, 11) is 1.87. The van der Waals surface area contributed by atoms with E-state index in [1.54, 1.807) is 4.68 Å². The molecule has 3 rings (SSSR count). The Morgan fingerprint density at radius 3 is 2.75 bits per heavy atom. The predicted octanol–water partition coefficient (Wildman–Crippen LogP) is 1.42. The maximum absolute atomic E-state index is 13.0. The molecule has 1 aliphatic heterocycles. The van der Waals surface area contributed by atoms with Crippen molar-refractivity contribution >= 4 is 17.4 Å². The summed E-state index contributed by atoms with van der Waals surface area (Å²) in [6, 6.07) is 0. The SMILES string of the molecule is Cn1cc([C@@H]2CN(C(=O)c3snnc3C(C)(C)C)C[C@H]2CO)cn1. The first-order valence-electron chi connectivity index (χ1n) is 8.02. The predicted molar refractivity (Wildman–Crippen MR) is 91.0 cm³/mol. The molecule has 8 heteroatoms. The highest BCUT2D eigenvalue weighted by Crippen LogP contribution is 2.34. The molecule has 2 atom stereocenters. The fourth-order valence-electron chi connectivity index (χ4n) is 3.20. The lowest BCUT2D eigenvalue weighted by Crippen LogP contribution is -2.30. The zero-order valence-corrected chi connectivity index (χ0v) is 15.2. The van der Waals surface area contributed by atoms with Crippen LogP contribution >= 0.6 is 11.5 Å². The summed E-state index contributed by atoms with van der Waals surface area (Å²) in [6.45, 7) is 7.25. The van der Waals surface area contributed by atoms with Gasteiger partial charge in [0.15, 0.2) is 0 Å². The summed E-state index contributed by atoms with van der Waals surface area (Å²) in [6.07, 6.45) is 3.77. The monoisotopic (exact) mass is 349 g/mol. The summed E-state index contributed by atoms with van der Waals surface area (Å²) in [4.78, 5) is 15.4. The van der Waals surface area contributed by atoms with Gasteiger partial charge in [0.1, 0.15) is 4.88 Å². The Balaban J connectivity index is 1.84. The molecule has 0 spiro atoms. The number of nitrogens with zero attached hydrogens (tertiary/aromatic N) is 5. The van der Waals surface area contributed by atoms with Crippen LogP contribution in [0.3, 0.4) is 0 Å². The maximum atomic E-state index is 13.0. The van der Waals surface area contributed by atoms with Crippen molar-refractivity contribution in [2.24, 2.45) is 13.0 Å². The number of hydrogen-bond acceptors (Lipinski definition) is 6. The van der Waals surface area contributed by atoms with Crippen molar-refractivity contribution < 1.29 is 9.90 Å². The molecular weight excluding hydrogens is 326 g/mol. The van der Waals surface area contributed by atoms with Crippen LogP contribution in [0.1, 0.15) is 47.6 Å². The average molecular weight is 349 g/mol. The fourth-order valence-corrected chi connectivity index (χ4v) is 4.04. The van der Waals surface area contributed by atoms with Crippen LogP contribution in [-0.2, 0) is 12.5 Å².